The first-order valence-electron chi connectivity index (χ1n) is 6.97. The quantitative estimate of drug-likeness (QED) is 0.565. The molecule has 106 valence electrons. The van der Waals surface area contributed by atoms with E-state index in [1.165, 1.54) is 0 Å². The van der Waals surface area contributed by atoms with E-state index >= 15 is 0 Å². The fraction of sp³-hybridized carbons (Fsp3) is 0.857. The number of hydrogen-bond acceptors (Lipinski definition) is 4. The molecule has 1 atom stereocenters. The van der Waals surface area contributed by atoms with Gasteiger partial charge in [-0.25, -0.2) is 0 Å². The van der Waals surface area contributed by atoms with Crippen LogP contribution in [-0.2, 0) is 19.1 Å². The minimum atomic E-state index is -0.173. The summed E-state index contributed by atoms with van der Waals surface area (Å²) in [4.78, 5) is 22.9. The number of rotatable bonds is 10. The third kappa shape index (κ3) is 8.09. The Morgan fingerprint density at radius 2 is 1.61 bits per heavy atom. The fourth-order valence-electron chi connectivity index (χ4n) is 1.59. The van der Waals surface area contributed by atoms with Gasteiger partial charge in [0.2, 0.25) is 0 Å². The second-order valence-corrected chi connectivity index (χ2v) is 4.39. The van der Waals surface area contributed by atoms with E-state index in [0.29, 0.717) is 32.5 Å². The van der Waals surface area contributed by atoms with E-state index in [1.807, 2.05) is 20.8 Å². The lowest BCUT2D eigenvalue weighted by molar-refractivity contribution is -0.150. The Hall–Kier alpha value is -1.06. The van der Waals surface area contributed by atoms with Crippen LogP contribution in [0.1, 0.15) is 59.3 Å². The number of esters is 2. The van der Waals surface area contributed by atoms with Crippen molar-refractivity contribution in [1.29, 1.82) is 0 Å². The lowest BCUT2D eigenvalue weighted by Crippen LogP contribution is -2.18. The Balaban J connectivity index is 3.79. The first kappa shape index (κ1) is 16.9. The van der Waals surface area contributed by atoms with Crippen LogP contribution in [0, 0.1) is 5.92 Å². The van der Waals surface area contributed by atoms with Gasteiger partial charge in [-0.15, -0.1) is 0 Å². The van der Waals surface area contributed by atoms with Crippen LogP contribution in [-0.4, -0.2) is 25.2 Å². The van der Waals surface area contributed by atoms with Gasteiger partial charge in [-0.3, -0.25) is 9.59 Å². The summed E-state index contributed by atoms with van der Waals surface area (Å²) in [7, 11) is 0. The average molecular weight is 258 g/mol. The van der Waals surface area contributed by atoms with Crippen LogP contribution in [0.25, 0.3) is 0 Å². The zero-order valence-corrected chi connectivity index (χ0v) is 11.9. The summed E-state index contributed by atoms with van der Waals surface area (Å²) in [5.74, 6) is -0.398. The summed E-state index contributed by atoms with van der Waals surface area (Å²) in [6.07, 6.45) is 4.20. The largest absolute Gasteiger partial charge is 0.466 e. The topological polar surface area (TPSA) is 52.6 Å². The molecule has 0 aliphatic carbocycles. The van der Waals surface area contributed by atoms with Crippen molar-refractivity contribution in [3.8, 4) is 0 Å². The van der Waals surface area contributed by atoms with Gasteiger partial charge in [-0.1, -0.05) is 20.8 Å². The van der Waals surface area contributed by atoms with E-state index in [4.69, 9.17) is 9.47 Å². The van der Waals surface area contributed by atoms with Gasteiger partial charge in [0.15, 0.2) is 0 Å². The molecule has 18 heavy (non-hydrogen) atoms. The van der Waals surface area contributed by atoms with Crippen LogP contribution in [0.4, 0.5) is 0 Å². The normalized spacial score (nSPS) is 11.9. The molecule has 0 aromatic carbocycles. The molecule has 0 spiro atoms. The van der Waals surface area contributed by atoms with Crippen molar-refractivity contribution < 1.29 is 19.1 Å². The van der Waals surface area contributed by atoms with Gasteiger partial charge in [0, 0.05) is 6.42 Å². The molecule has 1 unspecified atom stereocenters. The molecule has 4 heteroatoms. The van der Waals surface area contributed by atoms with E-state index in [0.717, 1.165) is 19.3 Å². The first-order chi connectivity index (χ1) is 8.65. The maximum absolute atomic E-state index is 11.6. The molecule has 0 N–H and O–H groups in total. The highest BCUT2D eigenvalue weighted by Gasteiger charge is 2.18. The predicted octanol–water partition coefficient (Wildman–Crippen LogP) is 3.09. The molecular formula is C14H26O4. The monoisotopic (exact) mass is 258 g/mol. The number of carbonyl (C=O) groups is 2. The minimum Gasteiger partial charge on any atom is -0.466 e. The fourth-order valence-corrected chi connectivity index (χ4v) is 1.59. The Morgan fingerprint density at radius 1 is 1.00 bits per heavy atom. The molecule has 0 bridgehead atoms. The van der Waals surface area contributed by atoms with Crippen LogP contribution in [0.2, 0.25) is 0 Å². The summed E-state index contributed by atoms with van der Waals surface area (Å²) in [6.45, 7) is 6.86. The zero-order chi connectivity index (χ0) is 13.8. The highest BCUT2D eigenvalue weighted by atomic mass is 16.5. The minimum absolute atomic E-state index is 0.0875. The molecule has 4 nitrogen and oxygen atoms in total. The van der Waals surface area contributed by atoms with Gasteiger partial charge < -0.3 is 9.47 Å². The van der Waals surface area contributed by atoms with Crippen LogP contribution < -0.4 is 0 Å². The molecule has 0 amide bonds. The summed E-state index contributed by atoms with van der Waals surface area (Å²) >= 11 is 0. The Labute approximate surface area is 110 Å². The third-order valence-corrected chi connectivity index (χ3v) is 2.68. The van der Waals surface area contributed by atoms with Crippen LogP contribution in [0.3, 0.4) is 0 Å². The van der Waals surface area contributed by atoms with Gasteiger partial charge in [0.25, 0.3) is 0 Å². The molecule has 0 heterocycles. The smallest absolute Gasteiger partial charge is 0.308 e. The summed E-state index contributed by atoms with van der Waals surface area (Å²) in [5.41, 5.74) is 0. The second kappa shape index (κ2) is 11.1. The lowest BCUT2D eigenvalue weighted by Gasteiger charge is -2.13. The van der Waals surface area contributed by atoms with E-state index in [2.05, 4.69) is 0 Å². The van der Waals surface area contributed by atoms with Crippen molar-refractivity contribution in [2.75, 3.05) is 13.2 Å². The molecule has 0 rings (SSSR count). The predicted molar refractivity (Wildman–Crippen MR) is 70.1 cm³/mol. The van der Waals surface area contributed by atoms with E-state index < -0.39 is 0 Å². The number of hydrogen-bond donors (Lipinski definition) is 0. The SMILES string of the molecule is CCCOC(=O)CCCC(CC)C(=O)OCCC. The van der Waals surface area contributed by atoms with Crippen molar-refractivity contribution in [2.24, 2.45) is 5.92 Å². The van der Waals surface area contributed by atoms with E-state index in [1.54, 1.807) is 0 Å². The molecule has 0 aromatic rings. The zero-order valence-electron chi connectivity index (χ0n) is 11.9. The molecule has 0 aliphatic heterocycles. The van der Waals surface area contributed by atoms with Gasteiger partial charge in [-0.05, 0) is 32.1 Å². The maximum Gasteiger partial charge on any atom is 0.308 e. The van der Waals surface area contributed by atoms with Crippen molar-refractivity contribution in [3.63, 3.8) is 0 Å². The second-order valence-electron chi connectivity index (χ2n) is 4.39. The first-order valence-corrected chi connectivity index (χ1v) is 6.97. The van der Waals surface area contributed by atoms with Gasteiger partial charge in [0.05, 0.1) is 19.1 Å². The molecule has 0 saturated carbocycles. The molecule has 0 radical (unpaired) electrons. The summed E-state index contributed by atoms with van der Waals surface area (Å²) in [6, 6.07) is 0. The van der Waals surface area contributed by atoms with Crippen molar-refractivity contribution in [3.05, 3.63) is 0 Å². The Morgan fingerprint density at radius 3 is 2.17 bits per heavy atom. The van der Waals surface area contributed by atoms with Gasteiger partial charge in [-0.2, -0.15) is 0 Å². The summed E-state index contributed by atoms with van der Waals surface area (Å²) < 4.78 is 10.1. The number of carbonyl (C=O) groups excluding carboxylic acids is 2. The highest BCUT2D eigenvalue weighted by Crippen LogP contribution is 2.15. The Bertz CT molecular complexity index is 238. The van der Waals surface area contributed by atoms with Crippen LogP contribution in [0.5, 0.6) is 0 Å². The van der Waals surface area contributed by atoms with E-state index in [9.17, 15) is 9.59 Å². The van der Waals surface area contributed by atoms with Crippen LogP contribution in [0.15, 0.2) is 0 Å². The van der Waals surface area contributed by atoms with Crippen LogP contribution >= 0.6 is 0 Å². The average Bonchev–Trinajstić information content (AvgIpc) is 2.38. The number of ether oxygens (including phenoxy) is 2. The van der Waals surface area contributed by atoms with Gasteiger partial charge >= 0.3 is 11.9 Å². The molecule has 0 fully saturated rings. The molecular weight excluding hydrogens is 232 g/mol. The van der Waals surface area contributed by atoms with E-state index in [-0.39, 0.29) is 17.9 Å². The molecule has 0 saturated heterocycles. The Kier molecular flexibility index (Phi) is 10.4. The molecule has 0 aromatic heterocycles. The van der Waals surface area contributed by atoms with Crippen molar-refractivity contribution in [1.82, 2.24) is 0 Å². The third-order valence-electron chi connectivity index (χ3n) is 2.68. The molecule has 0 aliphatic rings. The van der Waals surface area contributed by atoms with Crippen molar-refractivity contribution in [2.45, 2.75) is 59.3 Å². The lowest BCUT2D eigenvalue weighted by atomic mass is 9.99. The summed E-state index contributed by atoms with van der Waals surface area (Å²) in [5, 5.41) is 0. The standard InChI is InChI=1S/C14H26O4/c1-4-10-17-13(15)9-7-8-12(6-3)14(16)18-11-5-2/h12H,4-11H2,1-3H3. The van der Waals surface area contributed by atoms with Crippen molar-refractivity contribution >= 4 is 11.9 Å². The highest BCUT2D eigenvalue weighted by molar-refractivity contribution is 5.72. The maximum atomic E-state index is 11.6. The van der Waals surface area contributed by atoms with Gasteiger partial charge in [0.1, 0.15) is 0 Å².